The number of anilines is 1. The van der Waals surface area contributed by atoms with Gasteiger partial charge in [0.1, 0.15) is 24.1 Å². The summed E-state index contributed by atoms with van der Waals surface area (Å²) in [5.41, 5.74) is 4.99. The number of amides is 2. The van der Waals surface area contributed by atoms with E-state index in [0.29, 0.717) is 29.5 Å². The van der Waals surface area contributed by atoms with Gasteiger partial charge in [-0.25, -0.2) is 5.43 Å². The minimum atomic E-state index is -0.376. The van der Waals surface area contributed by atoms with Gasteiger partial charge < -0.3 is 24.7 Å². The van der Waals surface area contributed by atoms with Crippen LogP contribution < -0.4 is 20.2 Å². The predicted molar refractivity (Wildman–Crippen MR) is 130 cm³/mol. The Bertz CT molecular complexity index is 1060. The van der Waals surface area contributed by atoms with Gasteiger partial charge in [-0.1, -0.05) is 37.1 Å². The van der Waals surface area contributed by atoms with Gasteiger partial charge in [-0.15, -0.1) is 0 Å². The Morgan fingerprint density at radius 2 is 2.00 bits per heavy atom. The van der Waals surface area contributed by atoms with Crippen LogP contribution in [0.15, 0.2) is 54.9 Å². The summed E-state index contributed by atoms with van der Waals surface area (Å²) in [6, 6.07) is 12.6. The third-order valence-corrected chi connectivity index (χ3v) is 6.17. The minimum Gasteiger partial charge on any atom is -0.495 e. The highest BCUT2D eigenvalue weighted by Crippen LogP contribution is 2.32. The molecule has 0 saturated carbocycles. The second-order valence-electron chi connectivity index (χ2n) is 8.27. The Morgan fingerprint density at radius 3 is 2.71 bits per heavy atom. The molecule has 2 heterocycles. The van der Waals surface area contributed by atoms with Crippen molar-refractivity contribution in [2.75, 3.05) is 25.6 Å². The first kappa shape index (κ1) is 23.9. The van der Waals surface area contributed by atoms with Crippen molar-refractivity contribution in [2.45, 2.75) is 38.3 Å². The van der Waals surface area contributed by atoms with Gasteiger partial charge in [-0.05, 0) is 48.7 Å². The average Bonchev–Trinajstić information content (AvgIpc) is 3.27. The lowest BCUT2D eigenvalue weighted by Crippen LogP contribution is -2.49. The van der Waals surface area contributed by atoms with E-state index in [2.05, 4.69) is 17.7 Å². The van der Waals surface area contributed by atoms with Gasteiger partial charge in [0, 0.05) is 18.1 Å². The normalized spacial score (nSPS) is 19.2. The summed E-state index contributed by atoms with van der Waals surface area (Å²) in [6.07, 6.45) is 6.15. The van der Waals surface area contributed by atoms with Crippen LogP contribution in [-0.2, 0) is 9.59 Å². The van der Waals surface area contributed by atoms with E-state index in [1.807, 2.05) is 29.3 Å². The largest absolute Gasteiger partial charge is 0.495 e. The van der Waals surface area contributed by atoms with Crippen molar-refractivity contribution >= 4 is 29.1 Å². The fourth-order valence-electron chi connectivity index (χ4n) is 4.01. The zero-order chi connectivity index (χ0) is 24.1. The van der Waals surface area contributed by atoms with Gasteiger partial charge in [0.25, 0.3) is 5.91 Å². The van der Waals surface area contributed by atoms with Crippen LogP contribution in [0.5, 0.6) is 11.5 Å². The fourth-order valence-corrected chi connectivity index (χ4v) is 4.27. The molecule has 180 valence electrons. The number of nitrogens with zero attached hydrogens (tertiary/aromatic N) is 2. The monoisotopic (exact) mass is 484 g/mol. The van der Waals surface area contributed by atoms with E-state index < -0.39 is 0 Å². The predicted octanol–water partition coefficient (Wildman–Crippen LogP) is 4.10. The van der Waals surface area contributed by atoms with Gasteiger partial charge >= 0.3 is 0 Å². The smallest absolute Gasteiger partial charge is 0.251 e. The zero-order valence-corrected chi connectivity index (χ0v) is 20.0. The van der Waals surface area contributed by atoms with Crippen LogP contribution in [0.2, 0.25) is 5.02 Å². The number of carbonyl (C=O) groups excluding carboxylic acids is 2. The molecule has 2 aromatic carbocycles. The van der Waals surface area contributed by atoms with E-state index in [9.17, 15) is 9.59 Å². The van der Waals surface area contributed by atoms with Crippen LogP contribution in [0.4, 0.5) is 5.69 Å². The number of methoxy groups -OCH3 is 1. The number of hydrazine groups is 1. The molecule has 0 aromatic heterocycles. The van der Waals surface area contributed by atoms with Crippen LogP contribution in [0.3, 0.4) is 0 Å². The number of halogens is 1. The molecule has 4 rings (SSSR count). The Hall–Kier alpha value is -3.23. The number of fused-ring (bicyclic) bond motifs is 1. The van der Waals surface area contributed by atoms with Crippen molar-refractivity contribution in [1.82, 2.24) is 15.3 Å². The molecule has 0 bridgehead atoms. The Kier molecular flexibility index (Phi) is 7.59. The lowest BCUT2D eigenvalue weighted by molar-refractivity contribution is -0.137. The molecule has 0 spiro atoms. The van der Waals surface area contributed by atoms with Gasteiger partial charge in [0.05, 0.1) is 24.8 Å². The molecule has 2 unspecified atom stereocenters. The molecule has 2 aliphatic rings. The minimum absolute atomic E-state index is 0.00138. The number of unbranched alkanes of at least 4 members (excludes halogenated alkanes) is 1. The number of ether oxygens (including phenoxy) is 2. The van der Waals surface area contributed by atoms with E-state index in [4.69, 9.17) is 21.1 Å². The molecule has 8 nitrogen and oxygen atoms in total. The molecule has 2 amide bonds. The number of rotatable bonds is 9. The molecular formula is C25H29ClN4O4. The SMILES string of the molecule is CCCCOc1ccc(C2CC3C(=O)N(CC(=O)Nc4ccc(OC)c(Cl)c4)C=CN3N2)cc1. The van der Waals surface area contributed by atoms with E-state index >= 15 is 0 Å². The maximum absolute atomic E-state index is 13.1. The number of hydrogen-bond acceptors (Lipinski definition) is 6. The third kappa shape index (κ3) is 5.46. The van der Waals surface area contributed by atoms with Crippen molar-refractivity contribution in [2.24, 2.45) is 0 Å². The highest BCUT2D eigenvalue weighted by molar-refractivity contribution is 6.32. The van der Waals surface area contributed by atoms with Crippen molar-refractivity contribution < 1.29 is 19.1 Å². The molecule has 2 aliphatic heterocycles. The zero-order valence-electron chi connectivity index (χ0n) is 19.3. The fraction of sp³-hybridized carbons (Fsp3) is 0.360. The van der Waals surface area contributed by atoms with Crippen molar-refractivity contribution in [3.8, 4) is 11.5 Å². The molecule has 1 fully saturated rings. The number of nitrogens with one attached hydrogen (secondary N) is 2. The summed E-state index contributed by atoms with van der Waals surface area (Å²) < 4.78 is 10.9. The van der Waals surface area contributed by atoms with Gasteiger partial charge in [0.15, 0.2) is 0 Å². The standard InChI is InChI=1S/C25H29ClN4O4/c1-3-4-13-34-19-8-5-17(6-9-19)21-15-22-25(32)29(11-12-30(22)28-21)16-24(31)27-18-7-10-23(33-2)20(26)14-18/h5-12,14,21-22,28H,3-4,13,15-16H2,1-2H3,(H,27,31). The maximum Gasteiger partial charge on any atom is 0.251 e. The van der Waals surface area contributed by atoms with Gasteiger partial charge in [0.2, 0.25) is 5.91 Å². The topological polar surface area (TPSA) is 83.1 Å². The lowest BCUT2D eigenvalue weighted by atomic mass is 10.0. The third-order valence-electron chi connectivity index (χ3n) is 5.87. The van der Waals surface area contributed by atoms with Crippen LogP contribution in [0.25, 0.3) is 0 Å². The molecule has 2 atom stereocenters. The van der Waals surface area contributed by atoms with Crippen molar-refractivity contribution in [3.05, 3.63) is 65.5 Å². The highest BCUT2D eigenvalue weighted by Gasteiger charge is 2.40. The van der Waals surface area contributed by atoms with E-state index in [1.165, 1.54) is 12.0 Å². The molecule has 2 N–H and O–H groups in total. The van der Waals surface area contributed by atoms with Gasteiger partial charge in [-0.3, -0.25) is 9.59 Å². The molecule has 0 radical (unpaired) electrons. The summed E-state index contributed by atoms with van der Waals surface area (Å²) in [7, 11) is 1.53. The molecule has 0 aliphatic carbocycles. The quantitative estimate of drug-likeness (QED) is 0.521. The Morgan fingerprint density at radius 1 is 1.21 bits per heavy atom. The first-order valence-corrected chi connectivity index (χ1v) is 11.8. The molecule has 9 heteroatoms. The van der Waals surface area contributed by atoms with Crippen molar-refractivity contribution in [3.63, 3.8) is 0 Å². The van der Waals surface area contributed by atoms with Crippen LogP contribution in [0, 0.1) is 0 Å². The molecule has 2 aromatic rings. The molecular weight excluding hydrogens is 456 g/mol. The lowest BCUT2D eigenvalue weighted by Gasteiger charge is -2.31. The maximum atomic E-state index is 13.1. The second kappa shape index (κ2) is 10.8. The second-order valence-corrected chi connectivity index (χ2v) is 8.68. The Balaban J connectivity index is 1.33. The number of benzene rings is 2. The van der Waals surface area contributed by atoms with Crippen LogP contribution >= 0.6 is 11.6 Å². The summed E-state index contributed by atoms with van der Waals surface area (Å²) in [5.74, 6) is 0.934. The van der Waals surface area contributed by atoms with E-state index in [-0.39, 0.29) is 30.4 Å². The Labute approximate surface area is 204 Å². The summed E-state index contributed by atoms with van der Waals surface area (Å²) >= 11 is 6.12. The molecule has 1 saturated heterocycles. The summed E-state index contributed by atoms with van der Waals surface area (Å²) in [4.78, 5) is 27.0. The first-order valence-electron chi connectivity index (χ1n) is 11.4. The number of carbonyl (C=O) groups is 2. The van der Waals surface area contributed by atoms with Gasteiger partial charge in [-0.2, -0.15) is 0 Å². The summed E-state index contributed by atoms with van der Waals surface area (Å²) in [5, 5.41) is 4.98. The van der Waals surface area contributed by atoms with Crippen LogP contribution in [0.1, 0.15) is 37.8 Å². The van der Waals surface area contributed by atoms with E-state index in [0.717, 1.165) is 24.2 Å². The number of hydrogen-bond donors (Lipinski definition) is 2. The van der Waals surface area contributed by atoms with Crippen LogP contribution in [-0.4, -0.2) is 48.0 Å². The van der Waals surface area contributed by atoms with Crippen molar-refractivity contribution in [1.29, 1.82) is 0 Å². The summed E-state index contributed by atoms with van der Waals surface area (Å²) in [6.45, 7) is 2.76. The average molecular weight is 485 g/mol. The molecule has 34 heavy (non-hydrogen) atoms. The first-order chi connectivity index (χ1) is 16.5. The highest BCUT2D eigenvalue weighted by atomic mass is 35.5. The van der Waals surface area contributed by atoms with E-state index in [1.54, 1.807) is 30.6 Å².